The third-order valence-electron chi connectivity index (χ3n) is 6.70. The van der Waals surface area contributed by atoms with Crippen LogP contribution in [-0.4, -0.2) is 11.1 Å². The molecule has 5 aromatic carbocycles. The molecule has 0 aliphatic rings. The highest BCUT2D eigenvalue weighted by Crippen LogP contribution is 2.41. The Bertz CT molecular complexity index is 1630. The van der Waals surface area contributed by atoms with Crippen LogP contribution in [0.5, 0.6) is 0 Å². The number of rotatable bonds is 8. The minimum Gasteiger partial charge on any atom is -0.478 e. The van der Waals surface area contributed by atoms with E-state index in [-0.39, 0.29) is 12.0 Å². The molecule has 5 aromatic rings. The molecule has 0 aliphatic carbocycles. The number of carboxylic acid groups (broad SMARTS) is 1. The Balaban J connectivity index is 1.72. The molecule has 204 valence electrons. The minimum absolute atomic E-state index is 0.0463. The molecule has 0 saturated heterocycles. The van der Waals surface area contributed by atoms with Crippen molar-refractivity contribution >= 4 is 35.9 Å². The maximum absolute atomic E-state index is 14.0. The number of hydrogen-bond acceptors (Lipinski definition) is 1. The van der Waals surface area contributed by atoms with Crippen LogP contribution in [0.3, 0.4) is 0 Å². The number of hydrogen-bond donors (Lipinski definition) is 1. The summed E-state index contributed by atoms with van der Waals surface area (Å²) in [5.74, 6) is -1.08. The lowest BCUT2D eigenvalue weighted by molar-refractivity contribution is -0.137. The maximum atomic E-state index is 14.0. The fourth-order valence-corrected chi connectivity index (χ4v) is 7.23. The van der Waals surface area contributed by atoms with Gasteiger partial charge in [-0.3, -0.25) is 0 Å². The number of carbonyl (C=O) groups is 1. The van der Waals surface area contributed by atoms with Gasteiger partial charge in [-0.05, 0) is 64.3 Å². The van der Waals surface area contributed by atoms with E-state index in [2.05, 4.69) is 0 Å². The summed E-state index contributed by atoms with van der Waals surface area (Å²) in [6.45, 7) is 0. The van der Waals surface area contributed by atoms with E-state index in [0.717, 1.165) is 27.5 Å². The maximum Gasteiger partial charge on any atom is 0.416 e. The lowest BCUT2D eigenvalue weighted by Crippen LogP contribution is -2.23. The Morgan fingerprint density at radius 1 is 0.683 bits per heavy atom. The van der Waals surface area contributed by atoms with E-state index in [1.54, 1.807) is 36.4 Å². The van der Waals surface area contributed by atoms with Crippen LogP contribution in [0.25, 0.3) is 17.2 Å². The van der Waals surface area contributed by atoms with Crippen molar-refractivity contribution in [1.82, 2.24) is 0 Å². The predicted octanol–water partition coefficient (Wildman–Crippen LogP) is 7.84. The monoisotopic (exact) mass is 566 g/mol. The molecule has 2 nitrogen and oxygen atoms in total. The van der Waals surface area contributed by atoms with Gasteiger partial charge in [-0.2, -0.15) is 13.2 Å². The summed E-state index contributed by atoms with van der Waals surface area (Å²) in [4.78, 5) is 12.3. The normalized spacial score (nSPS) is 12.0. The van der Waals surface area contributed by atoms with Gasteiger partial charge in [0.05, 0.1) is 5.56 Å². The first kappa shape index (κ1) is 28.1. The molecular weight excluding hydrogens is 540 g/mol. The van der Waals surface area contributed by atoms with Gasteiger partial charge in [0.1, 0.15) is 0 Å². The van der Waals surface area contributed by atoms with Crippen molar-refractivity contribution in [1.29, 1.82) is 0 Å². The molecule has 0 amide bonds. The first-order valence-corrected chi connectivity index (χ1v) is 14.3. The Hall–Kier alpha value is -4.47. The molecule has 0 bridgehead atoms. The summed E-state index contributed by atoms with van der Waals surface area (Å²) in [5.41, 5.74) is 1.78. The largest absolute Gasteiger partial charge is 0.478 e. The molecule has 0 aromatic heterocycles. The molecule has 5 rings (SSSR count). The average Bonchev–Trinajstić information content (AvgIpc) is 2.98. The van der Waals surface area contributed by atoms with Gasteiger partial charge in [0.25, 0.3) is 0 Å². The quantitative estimate of drug-likeness (QED) is 0.154. The van der Waals surface area contributed by atoms with E-state index >= 15 is 0 Å². The average molecular weight is 567 g/mol. The van der Waals surface area contributed by atoms with E-state index in [1.807, 2.05) is 91.0 Å². The summed E-state index contributed by atoms with van der Waals surface area (Å²) in [5, 5.41) is 12.8. The number of benzene rings is 5. The molecule has 0 radical (unpaired) electrons. The fraction of sp³-hybridized carbons (Fsp3) is 0.0571. The third kappa shape index (κ3) is 6.65. The Morgan fingerprint density at radius 3 is 1.78 bits per heavy atom. The molecule has 41 heavy (non-hydrogen) atoms. The lowest BCUT2D eigenvalue weighted by Gasteiger charge is -2.24. The van der Waals surface area contributed by atoms with Crippen molar-refractivity contribution in [3.8, 4) is 11.1 Å². The van der Waals surface area contributed by atoms with Crippen LogP contribution in [0, 0.1) is 0 Å². The van der Waals surface area contributed by atoms with E-state index in [0.29, 0.717) is 16.7 Å². The summed E-state index contributed by atoms with van der Waals surface area (Å²) >= 11 is 0. The SMILES string of the molecule is O=C(O)/C(=C/c1ccccc1)Cc1ccccc1-c1cc(C(F)(F)F)ccc1P(c1ccccc1)c1ccccc1. The highest BCUT2D eigenvalue weighted by Gasteiger charge is 2.32. The smallest absolute Gasteiger partial charge is 0.416 e. The van der Waals surface area contributed by atoms with Gasteiger partial charge in [-0.1, -0.05) is 121 Å². The highest BCUT2D eigenvalue weighted by molar-refractivity contribution is 7.80. The van der Waals surface area contributed by atoms with Crippen LogP contribution in [0.15, 0.2) is 139 Å². The Labute approximate surface area is 238 Å². The van der Waals surface area contributed by atoms with Crippen LogP contribution in [0.4, 0.5) is 13.2 Å². The van der Waals surface area contributed by atoms with E-state index in [1.165, 1.54) is 6.07 Å². The van der Waals surface area contributed by atoms with E-state index < -0.39 is 25.6 Å². The molecule has 0 aliphatic heterocycles. The third-order valence-corrected chi connectivity index (χ3v) is 9.20. The van der Waals surface area contributed by atoms with Crippen LogP contribution in [-0.2, 0) is 17.4 Å². The summed E-state index contributed by atoms with van der Waals surface area (Å²) in [6.07, 6.45) is -2.89. The van der Waals surface area contributed by atoms with Gasteiger partial charge in [0, 0.05) is 12.0 Å². The molecule has 0 spiro atoms. The lowest BCUT2D eigenvalue weighted by atomic mass is 9.93. The zero-order valence-electron chi connectivity index (χ0n) is 21.9. The topological polar surface area (TPSA) is 37.3 Å². The van der Waals surface area contributed by atoms with Gasteiger partial charge < -0.3 is 5.11 Å². The van der Waals surface area contributed by atoms with Crippen LogP contribution in [0.1, 0.15) is 16.7 Å². The Morgan fingerprint density at radius 2 is 1.22 bits per heavy atom. The minimum atomic E-state index is -4.54. The van der Waals surface area contributed by atoms with Crippen LogP contribution in [0.2, 0.25) is 0 Å². The molecule has 0 unspecified atom stereocenters. The van der Waals surface area contributed by atoms with Crippen molar-refractivity contribution in [3.05, 3.63) is 156 Å². The van der Waals surface area contributed by atoms with E-state index in [9.17, 15) is 23.1 Å². The fourth-order valence-electron chi connectivity index (χ4n) is 4.79. The van der Waals surface area contributed by atoms with Crippen LogP contribution < -0.4 is 15.9 Å². The van der Waals surface area contributed by atoms with Crippen molar-refractivity contribution in [2.24, 2.45) is 0 Å². The molecule has 0 saturated carbocycles. The first-order valence-electron chi connectivity index (χ1n) is 13.0. The van der Waals surface area contributed by atoms with Crippen molar-refractivity contribution in [2.45, 2.75) is 12.6 Å². The van der Waals surface area contributed by atoms with E-state index in [4.69, 9.17) is 0 Å². The second kappa shape index (κ2) is 12.4. The first-order chi connectivity index (χ1) is 19.8. The zero-order valence-corrected chi connectivity index (χ0v) is 22.8. The molecule has 0 heterocycles. The van der Waals surface area contributed by atoms with Crippen molar-refractivity contribution in [3.63, 3.8) is 0 Å². The molecule has 1 N–H and O–H groups in total. The van der Waals surface area contributed by atoms with Crippen molar-refractivity contribution < 1.29 is 23.1 Å². The van der Waals surface area contributed by atoms with Crippen LogP contribution >= 0.6 is 7.92 Å². The molecule has 6 heteroatoms. The Kier molecular flexibility index (Phi) is 8.47. The predicted molar refractivity (Wildman–Crippen MR) is 161 cm³/mol. The zero-order chi connectivity index (χ0) is 28.8. The number of carboxylic acids is 1. The number of alkyl halides is 3. The molecular formula is C35H26F3O2P. The summed E-state index contributed by atoms with van der Waals surface area (Å²) < 4.78 is 42.1. The molecule has 0 fully saturated rings. The van der Waals surface area contributed by atoms with Gasteiger partial charge in [0.2, 0.25) is 0 Å². The second-order valence-electron chi connectivity index (χ2n) is 9.46. The number of halogens is 3. The summed E-state index contributed by atoms with van der Waals surface area (Å²) in [7, 11) is -1.22. The van der Waals surface area contributed by atoms with Gasteiger partial charge in [-0.15, -0.1) is 0 Å². The highest BCUT2D eigenvalue weighted by atomic mass is 31.1. The van der Waals surface area contributed by atoms with Gasteiger partial charge >= 0.3 is 12.1 Å². The van der Waals surface area contributed by atoms with Gasteiger partial charge in [0.15, 0.2) is 0 Å². The van der Waals surface area contributed by atoms with Gasteiger partial charge in [-0.25, -0.2) is 4.79 Å². The number of aliphatic carboxylic acids is 1. The standard InChI is InChI=1S/C35H26F3O2P/c36-35(37,38)28-20-21-33(41(29-15-6-2-7-16-29)30-17-8-3-9-18-30)32(24-28)31-19-11-10-14-26(31)23-27(34(39)40)22-25-12-4-1-5-13-25/h1-22,24H,23H2,(H,39,40)/b27-22+. The second-order valence-corrected chi connectivity index (χ2v) is 11.6. The van der Waals surface area contributed by atoms with Crippen molar-refractivity contribution in [2.75, 3.05) is 0 Å². The molecule has 0 atom stereocenters. The summed E-state index contributed by atoms with van der Waals surface area (Å²) in [6, 6.07) is 39.7.